The van der Waals surface area contributed by atoms with Crippen LogP contribution in [0.25, 0.3) is 0 Å². The van der Waals surface area contributed by atoms with Gasteiger partial charge < -0.3 is 16.0 Å². The summed E-state index contributed by atoms with van der Waals surface area (Å²) in [4.78, 5) is 15.6. The van der Waals surface area contributed by atoms with Crippen molar-refractivity contribution in [3.8, 4) is 0 Å². The van der Waals surface area contributed by atoms with Gasteiger partial charge >= 0.3 is 0 Å². The highest BCUT2D eigenvalue weighted by Gasteiger charge is 2.03. The SMILES string of the molecule is CN=C(NCCC(=O)NC(C)C)NCc1ccsc1.I. The van der Waals surface area contributed by atoms with E-state index in [0.29, 0.717) is 18.9 Å². The number of halogens is 1. The molecule has 0 aliphatic heterocycles. The molecule has 3 N–H and O–H groups in total. The van der Waals surface area contributed by atoms with Crippen molar-refractivity contribution in [2.75, 3.05) is 13.6 Å². The largest absolute Gasteiger partial charge is 0.356 e. The first-order valence-corrected chi connectivity index (χ1v) is 7.31. The zero-order valence-electron chi connectivity index (χ0n) is 12.1. The molecular formula is C13H23IN4OS. The highest BCUT2D eigenvalue weighted by Crippen LogP contribution is 2.04. The van der Waals surface area contributed by atoms with Gasteiger partial charge in [0.15, 0.2) is 5.96 Å². The Morgan fingerprint density at radius 1 is 1.40 bits per heavy atom. The molecule has 1 heterocycles. The lowest BCUT2D eigenvalue weighted by Crippen LogP contribution is -2.39. The Morgan fingerprint density at radius 2 is 2.15 bits per heavy atom. The monoisotopic (exact) mass is 410 g/mol. The van der Waals surface area contributed by atoms with Crippen molar-refractivity contribution in [2.45, 2.75) is 32.9 Å². The zero-order valence-corrected chi connectivity index (χ0v) is 15.2. The molecule has 0 bridgehead atoms. The van der Waals surface area contributed by atoms with Crippen LogP contribution in [0, 0.1) is 0 Å². The van der Waals surface area contributed by atoms with Crippen molar-refractivity contribution in [1.29, 1.82) is 0 Å². The van der Waals surface area contributed by atoms with Crippen LogP contribution >= 0.6 is 35.3 Å². The smallest absolute Gasteiger partial charge is 0.221 e. The Balaban J connectivity index is 0.00000361. The van der Waals surface area contributed by atoms with E-state index in [1.165, 1.54) is 5.56 Å². The quantitative estimate of drug-likeness (QED) is 0.382. The van der Waals surface area contributed by atoms with Crippen LogP contribution in [0.5, 0.6) is 0 Å². The first kappa shape index (κ1) is 19.2. The second-order valence-corrected chi connectivity index (χ2v) is 5.24. The van der Waals surface area contributed by atoms with Crippen LogP contribution in [-0.2, 0) is 11.3 Å². The molecule has 0 radical (unpaired) electrons. The highest BCUT2D eigenvalue weighted by atomic mass is 127. The van der Waals surface area contributed by atoms with Gasteiger partial charge in [0.1, 0.15) is 0 Å². The Bertz CT molecular complexity index is 407. The van der Waals surface area contributed by atoms with Gasteiger partial charge in [-0.1, -0.05) is 0 Å². The van der Waals surface area contributed by atoms with Crippen LogP contribution in [0.2, 0.25) is 0 Å². The summed E-state index contributed by atoms with van der Waals surface area (Å²) in [6.45, 7) is 5.21. The van der Waals surface area contributed by atoms with Crippen LogP contribution < -0.4 is 16.0 Å². The molecule has 0 fully saturated rings. The number of thiophene rings is 1. The van der Waals surface area contributed by atoms with Crippen LogP contribution in [0.3, 0.4) is 0 Å². The van der Waals surface area contributed by atoms with Gasteiger partial charge in [0.05, 0.1) is 0 Å². The van der Waals surface area contributed by atoms with Crippen LogP contribution in [-0.4, -0.2) is 31.5 Å². The third-order valence-corrected chi connectivity index (χ3v) is 3.09. The number of aliphatic imine (C=N–C) groups is 1. The molecule has 0 aliphatic rings. The third kappa shape index (κ3) is 8.36. The molecule has 1 rings (SSSR count). The second-order valence-electron chi connectivity index (χ2n) is 4.46. The standard InChI is InChI=1S/C13H22N4OS.HI/c1-10(2)17-12(18)4-6-15-13(14-3)16-8-11-5-7-19-9-11;/h5,7,9-10H,4,6,8H2,1-3H3,(H,17,18)(H2,14,15,16);1H. The molecule has 1 amide bonds. The van der Waals surface area contributed by atoms with Gasteiger partial charge in [-0.3, -0.25) is 9.79 Å². The van der Waals surface area contributed by atoms with Gasteiger partial charge in [-0.15, -0.1) is 24.0 Å². The molecule has 114 valence electrons. The molecule has 0 unspecified atom stereocenters. The summed E-state index contributed by atoms with van der Waals surface area (Å²) in [7, 11) is 1.72. The van der Waals surface area contributed by atoms with Gasteiger partial charge in [-0.25, -0.2) is 0 Å². The van der Waals surface area contributed by atoms with E-state index in [2.05, 4.69) is 32.4 Å². The number of guanidine groups is 1. The van der Waals surface area contributed by atoms with Gasteiger partial charge in [-0.05, 0) is 36.2 Å². The number of carbonyl (C=O) groups is 1. The Kier molecular flexibility index (Phi) is 10.4. The molecule has 0 saturated carbocycles. The summed E-state index contributed by atoms with van der Waals surface area (Å²) >= 11 is 1.67. The molecule has 0 aromatic carbocycles. The van der Waals surface area contributed by atoms with Gasteiger partial charge in [0.2, 0.25) is 5.91 Å². The Hall–Kier alpha value is -0.830. The lowest BCUT2D eigenvalue weighted by atomic mass is 10.3. The summed E-state index contributed by atoms with van der Waals surface area (Å²) in [6.07, 6.45) is 0.442. The minimum atomic E-state index is 0. The summed E-state index contributed by atoms with van der Waals surface area (Å²) in [5.74, 6) is 0.763. The number of carbonyl (C=O) groups excluding carboxylic acids is 1. The fraction of sp³-hybridized carbons (Fsp3) is 0.538. The number of hydrogen-bond donors (Lipinski definition) is 3. The summed E-state index contributed by atoms with van der Waals surface area (Å²) < 4.78 is 0. The zero-order chi connectivity index (χ0) is 14.1. The number of nitrogens with one attached hydrogen (secondary N) is 3. The molecule has 5 nitrogen and oxygen atoms in total. The minimum absolute atomic E-state index is 0. The van der Waals surface area contributed by atoms with E-state index in [9.17, 15) is 4.79 Å². The molecule has 1 aromatic heterocycles. The summed E-state index contributed by atoms with van der Waals surface area (Å²) in [6, 6.07) is 2.25. The molecule has 7 heteroatoms. The molecule has 0 aliphatic carbocycles. The van der Waals surface area contributed by atoms with E-state index >= 15 is 0 Å². The van der Waals surface area contributed by atoms with Crippen LogP contribution in [0.1, 0.15) is 25.8 Å². The molecule has 20 heavy (non-hydrogen) atoms. The van der Waals surface area contributed by atoms with Gasteiger partial charge in [-0.2, -0.15) is 11.3 Å². The van der Waals surface area contributed by atoms with E-state index in [0.717, 1.165) is 6.54 Å². The molecule has 0 atom stereocenters. The molecule has 0 saturated heterocycles. The van der Waals surface area contributed by atoms with E-state index in [4.69, 9.17) is 0 Å². The number of rotatable bonds is 6. The van der Waals surface area contributed by atoms with E-state index in [-0.39, 0.29) is 35.9 Å². The van der Waals surface area contributed by atoms with Crippen LogP contribution in [0.4, 0.5) is 0 Å². The topological polar surface area (TPSA) is 65.5 Å². The Labute approximate surface area is 141 Å². The first-order valence-electron chi connectivity index (χ1n) is 6.36. The average molecular weight is 410 g/mol. The number of hydrogen-bond acceptors (Lipinski definition) is 3. The maximum Gasteiger partial charge on any atom is 0.221 e. The van der Waals surface area contributed by atoms with Crippen molar-refractivity contribution in [3.63, 3.8) is 0 Å². The van der Waals surface area contributed by atoms with E-state index in [1.807, 2.05) is 19.2 Å². The third-order valence-electron chi connectivity index (χ3n) is 2.36. The van der Waals surface area contributed by atoms with Crippen molar-refractivity contribution in [2.24, 2.45) is 4.99 Å². The minimum Gasteiger partial charge on any atom is -0.356 e. The average Bonchev–Trinajstić information content (AvgIpc) is 2.85. The second kappa shape index (κ2) is 10.9. The van der Waals surface area contributed by atoms with Crippen molar-refractivity contribution < 1.29 is 4.79 Å². The predicted octanol–water partition coefficient (Wildman–Crippen LogP) is 1.95. The fourth-order valence-corrected chi connectivity index (χ4v) is 2.16. The molecule has 0 spiro atoms. The molecule has 1 aromatic rings. The fourth-order valence-electron chi connectivity index (χ4n) is 1.49. The summed E-state index contributed by atoms with van der Waals surface area (Å²) in [5.41, 5.74) is 1.23. The highest BCUT2D eigenvalue weighted by molar-refractivity contribution is 14.0. The normalized spacial score (nSPS) is 10.9. The summed E-state index contributed by atoms with van der Waals surface area (Å²) in [5, 5.41) is 13.3. The number of nitrogens with zero attached hydrogens (tertiary/aromatic N) is 1. The Morgan fingerprint density at radius 3 is 2.70 bits per heavy atom. The van der Waals surface area contributed by atoms with Crippen molar-refractivity contribution in [1.82, 2.24) is 16.0 Å². The lowest BCUT2D eigenvalue weighted by Gasteiger charge is -2.12. The first-order chi connectivity index (χ1) is 9.11. The van der Waals surface area contributed by atoms with Gasteiger partial charge in [0.25, 0.3) is 0 Å². The van der Waals surface area contributed by atoms with E-state index < -0.39 is 0 Å². The van der Waals surface area contributed by atoms with E-state index in [1.54, 1.807) is 18.4 Å². The lowest BCUT2D eigenvalue weighted by molar-refractivity contribution is -0.121. The van der Waals surface area contributed by atoms with Crippen molar-refractivity contribution in [3.05, 3.63) is 22.4 Å². The maximum atomic E-state index is 11.5. The molecular weight excluding hydrogens is 387 g/mol. The number of amides is 1. The van der Waals surface area contributed by atoms with Gasteiger partial charge in [0, 0.05) is 32.6 Å². The predicted molar refractivity (Wildman–Crippen MR) is 95.8 cm³/mol. The van der Waals surface area contributed by atoms with Crippen LogP contribution in [0.15, 0.2) is 21.8 Å². The van der Waals surface area contributed by atoms with Crippen molar-refractivity contribution >= 4 is 47.2 Å². The maximum absolute atomic E-state index is 11.5.